The van der Waals surface area contributed by atoms with Gasteiger partial charge in [0.25, 0.3) is 0 Å². The lowest BCUT2D eigenvalue weighted by Gasteiger charge is -2.06. The van der Waals surface area contributed by atoms with Crippen LogP contribution in [-0.2, 0) is 4.79 Å². The van der Waals surface area contributed by atoms with E-state index in [2.05, 4.69) is 0 Å². The van der Waals surface area contributed by atoms with Crippen molar-refractivity contribution in [2.45, 2.75) is 13.3 Å². The van der Waals surface area contributed by atoms with Crippen LogP contribution in [0.25, 0.3) is 5.57 Å². The summed E-state index contributed by atoms with van der Waals surface area (Å²) in [7, 11) is 0. The zero-order valence-electron chi connectivity index (χ0n) is 9.67. The SMILES string of the molecule is CCC(=C(C#N)C(=O)O)c1ccc(C(=O)O)cc1. The molecule has 1 rings (SSSR count). The highest BCUT2D eigenvalue weighted by Crippen LogP contribution is 2.22. The van der Waals surface area contributed by atoms with Crippen molar-refractivity contribution in [3.05, 3.63) is 41.0 Å². The van der Waals surface area contributed by atoms with Crippen LogP contribution in [0.2, 0.25) is 0 Å². The highest BCUT2D eigenvalue weighted by molar-refractivity contribution is 6.00. The third-order valence-electron chi connectivity index (χ3n) is 2.46. The Kier molecular flexibility index (Phi) is 4.22. The minimum Gasteiger partial charge on any atom is -0.478 e. The number of aliphatic carboxylic acids is 1. The zero-order valence-corrected chi connectivity index (χ0v) is 9.67. The summed E-state index contributed by atoms with van der Waals surface area (Å²) in [6.45, 7) is 1.74. The van der Waals surface area contributed by atoms with Crippen LogP contribution in [0.15, 0.2) is 29.8 Å². The van der Waals surface area contributed by atoms with E-state index in [4.69, 9.17) is 15.5 Å². The molecule has 0 atom stereocenters. The maximum absolute atomic E-state index is 10.9. The molecule has 92 valence electrons. The number of hydrogen-bond acceptors (Lipinski definition) is 3. The van der Waals surface area contributed by atoms with Crippen molar-refractivity contribution in [2.24, 2.45) is 0 Å². The van der Waals surface area contributed by atoms with Gasteiger partial charge in [-0.3, -0.25) is 0 Å². The van der Waals surface area contributed by atoms with Crippen LogP contribution in [0.3, 0.4) is 0 Å². The minimum atomic E-state index is -1.28. The second-order valence-electron chi connectivity index (χ2n) is 3.51. The van der Waals surface area contributed by atoms with Gasteiger partial charge in [0.2, 0.25) is 0 Å². The average molecular weight is 245 g/mol. The summed E-state index contributed by atoms with van der Waals surface area (Å²) < 4.78 is 0. The molecule has 1 aromatic carbocycles. The molecule has 1 aromatic rings. The van der Waals surface area contributed by atoms with Gasteiger partial charge in [-0.05, 0) is 29.7 Å². The van der Waals surface area contributed by atoms with Crippen molar-refractivity contribution in [3.63, 3.8) is 0 Å². The van der Waals surface area contributed by atoms with Gasteiger partial charge in [0, 0.05) is 0 Å². The standard InChI is InChI=1S/C13H11NO4/c1-2-10(11(7-14)13(17)18)8-3-5-9(6-4-8)12(15)16/h3-6H,2H2,1H3,(H,15,16)(H,17,18). The van der Waals surface area contributed by atoms with Gasteiger partial charge < -0.3 is 10.2 Å². The molecule has 0 saturated carbocycles. The predicted octanol–water partition coefficient (Wildman–Crippen LogP) is 2.16. The van der Waals surface area contributed by atoms with Crippen molar-refractivity contribution >= 4 is 17.5 Å². The zero-order chi connectivity index (χ0) is 13.7. The number of hydrogen-bond donors (Lipinski definition) is 2. The smallest absolute Gasteiger partial charge is 0.346 e. The van der Waals surface area contributed by atoms with Gasteiger partial charge in [-0.2, -0.15) is 5.26 Å². The Morgan fingerprint density at radius 2 is 1.67 bits per heavy atom. The van der Waals surface area contributed by atoms with E-state index in [1.807, 2.05) is 0 Å². The molecule has 5 nitrogen and oxygen atoms in total. The minimum absolute atomic E-state index is 0.114. The topological polar surface area (TPSA) is 98.4 Å². The Morgan fingerprint density at radius 3 is 2.00 bits per heavy atom. The van der Waals surface area contributed by atoms with E-state index in [1.54, 1.807) is 13.0 Å². The van der Waals surface area contributed by atoms with Gasteiger partial charge in [-0.1, -0.05) is 19.1 Å². The average Bonchev–Trinajstić information content (AvgIpc) is 2.35. The van der Waals surface area contributed by atoms with E-state index in [0.717, 1.165) is 0 Å². The predicted molar refractivity (Wildman–Crippen MR) is 63.9 cm³/mol. The molecule has 0 saturated heterocycles. The molecule has 18 heavy (non-hydrogen) atoms. The van der Waals surface area contributed by atoms with Gasteiger partial charge in [0.15, 0.2) is 0 Å². The van der Waals surface area contributed by atoms with Crippen molar-refractivity contribution in [1.82, 2.24) is 0 Å². The van der Waals surface area contributed by atoms with Gasteiger partial charge in [0.1, 0.15) is 11.6 Å². The number of rotatable bonds is 4. The fourth-order valence-electron chi connectivity index (χ4n) is 1.58. The second-order valence-corrected chi connectivity index (χ2v) is 3.51. The summed E-state index contributed by atoms with van der Waals surface area (Å²) in [5.74, 6) is -2.33. The maximum atomic E-state index is 10.9. The normalized spacial score (nSPS) is 11.3. The molecule has 0 heterocycles. The quantitative estimate of drug-likeness (QED) is 0.625. The number of benzene rings is 1. The lowest BCUT2D eigenvalue weighted by molar-refractivity contribution is -0.132. The first-order valence-corrected chi connectivity index (χ1v) is 5.21. The molecule has 0 aromatic heterocycles. The van der Waals surface area contributed by atoms with Gasteiger partial charge in [-0.15, -0.1) is 0 Å². The van der Waals surface area contributed by atoms with Crippen LogP contribution in [0.4, 0.5) is 0 Å². The molecule has 0 radical (unpaired) electrons. The number of nitrogens with zero attached hydrogens (tertiary/aromatic N) is 1. The Balaban J connectivity index is 3.30. The molecule has 0 spiro atoms. The number of carboxylic acids is 2. The van der Waals surface area contributed by atoms with Gasteiger partial charge >= 0.3 is 11.9 Å². The number of carboxylic acid groups (broad SMARTS) is 2. The Bertz CT molecular complexity index is 549. The molecular weight excluding hydrogens is 234 g/mol. The molecule has 0 fully saturated rings. The lowest BCUT2D eigenvalue weighted by Crippen LogP contribution is -2.03. The van der Waals surface area contributed by atoms with Crippen LogP contribution in [0, 0.1) is 11.3 Å². The first kappa shape index (κ1) is 13.5. The number of carbonyl (C=O) groups is 2. The van der Waals surface area contributed by atoms with E-state index < -0.39 is 11.9 Å². The van der Waals surface area contributed by atoms with E-state index in [-0.39, 0.29) is 11.1 Å². The van der Waals surface area contributed by atoms with Crippen molar-refractivity contribution in [2.75, 3.05) is 0 Å². The summed E-state index contributed by atoms with van der Waals surface area (Å²) in [6, 6.07) is 7.42. The van der Waals surface area contributed by atoms with E-state index in [0.29, 0.717) is 17.6 Å². The maximum Gasteiger partial charge on any atom is 0.346 e. The Hall–Kier alpha value is -2.61. The van der Waals surface area contributed by atoms with E-state index in [1.165, 1.54) is 24.3 Å². The molecule has 0 aliphatic rings. The second kappa shape index (κ2) is 5.64. The highest BCUT2D eigenvalue weighted by atomic mass is 16.4. The summed E-state index contributed by atoms with van der Waals surface area (Å²) in [6.07, 6.45) is 0.377. The summed E-state index contributed by atoms with van der Waals surface area (Å²) in [5, 5.41) is 26.5. The first-order chi connectivity index (χ1) is 8.51. The van der Waals surface area contributed by atoms with Crippen molar-refractivity contribution in [1.29, 1.82) is 5.26 Å². The molecule has 0 aliphatic carbocycles. The fraction of sp³-hybridized carbons (Fsp3) is 0.154. The molecular formula is C13H11NO4. The van der Waals surface area contributed by atoms with Crippen LogP contribution >= 0.6 is 0 Å². The lowest BCUT2D eigenvalue weighted by atomic mass is 9.97. The first-order valence-electron chi connectivity index (χ1n) is 5.21. The number of allylic oxidation sites excluding steroid dienone is 1. The Labute approximate surface area is 104 Å². The highest BCUT2D eigenvalue weighted by Gasteiger charge is 2.14. The number of nitriles is 1. The number of aromatic carboxylic acids is 1. The molecule has 0 unspecified atom stereocenters. The van der Waals surface area contributed by atoms with Crippen LogP contribution in [0.1, 0.15) is 29.3 Å². The van der Waals surface area contributed by atoms with Crippen molar-refractivity contribution in [3.8, 4) is 6.07 Å². The third-order valence-corrected chi connectivity index (χ3v) is 2.46. The summed E-state index contributed by atoms with van der Waals surface area (Å²) in [5.41, 5.74) is 0.729. The summed E-state index contributed by atoms with van der Waals surface area (Å²) in [4.78, 5) is 21.6. The van der Waals surface area contributed by atoms with Gasteiger partial charge in [0.05, 0.1) is 5.56 Å². The van der Waals surface area contributed by atoms with Crippen molar-refractivity contribution < 1.29 is 19.8 Å². The third kappa shape index (κ3) is 2.74. The monoisotopic (exact) mass is 245 g/mol. The Morgan fingerprint density at radius 1 is 1.17 bits per heavy atom. The van der Waals surface area contributed by atoms with Crippen LogP contribution in [0.5, 0.6) is 0 Å². The van der Waals surface area contributed by atoms with E-state index in [9.17, 15) is 9.59 Å². The molecule has 0 bridgehead atoms. The molecule has 5 heteroatoms. The molecule has 2 N–H and O–H groups in total. The summed E-state index contributed by atoms with van der Waals surface area (Å²) >= 11 is 0. The largest absolute Gasteiger partial charge is 0.478 e. The van der Waals surface area contributed by atoms with Gasteiger partial charge in [-0.25, -0.2) is 9.59 Å². The molecule has 0 amide bonds. The fourth-order valence-corrected chi connectivity index (χ4v) is 1.58. The molecule has 0 aliphatic heterocycles. The van der Waals surface area contributed by atoms with E-state index >= 15 is 0 Å². The van der Waals surface area contributed by atoms with Crippen LogP contribution < -0.4 is 0 Å². The van der Waals surface area contributed by atoms with Crippen LogP contribution in [-0.4, -0.2) is 22.2 Å².